The van der Waals surface area contributed by atoms with Crippen LogP contribution in [0.1, 0.15) is 29.5 Å². The Labute approximate surface area is 137 Å². The van der Waals surface area contributed by atoms with E-state index in [2.05, 4.69) is 38.9 Å². The van der Waals surface area contributed by atoms with Crippen LogP contribution in [0.2, 0.25) is 0 Å². The van der Waals surface area contributed by atoms with Crippen LogP contribution in [-0.4, -0.2) is 29.3 Å². The van der Waals surface area contributed by atoms with Crippen LogP contribution in [0.25, 0.3) is 0 Å². The van der Waals surface area contributed by atoms with Crippen LogP contribution < -0.4 is 10.6 Å². The van der Waals surface area contributed by atoms with E-state index in [1.165, 1.54) is 36.0 Å². The Kier molecular flexibility index (Phi) is 5.29. The fourth-order valence-electron chi connectivity index (χ4n) is 3.02. The predicted molar refractivity (Wildman–Crippen MR) is 93.5 cm³/mol. The van der Waals surface area contributed by atoms with Crippen LogP contribution in [0.3, 0.4) is 0 Å². The molecule has 0 amide bonds. The highest BCUT2D eigenvalue weighted by Crippen LogP contribution is 2.22. The summed E-state index contributed by atoms with van der Waals surface area (Å²) < 4.78 is 1.95. The van der Waals surface area contributed by atoms with Gasteiger partial charge in [-0.3, -0.25) is 9.67 Å². The zero-order valence-electron chi connectivity index (χ0n) is 13.8. The minimum atomic E-state index is 0.812. The number of aliphatic imine (C=N–C) groups is 1. The van der Waals surface area contributed by atoms with E-state index in [0.717, 1.165) is 32.0 Å². The summed E-state index contributed by atoms with van der Waals surface area (Å²) in [6, 6.07) is 8.78. The average Bonchev–Trinajstić information content (AvgIpc) is 3.25. The summed E-state index contributed by atoms with van der Waals surface area (Å²) >= 11 is 0. The average molecular weight is 311 g/mol. The standard InChI is InChI=1S/C18H25N5/c1-19-18(20-9-3-11-23-12-4-10-22-23)21-14-15-7-8-16-5-2-6-17(16)13-15/h4,7-8,10,12-13H,2-3,5-6,9,11,14H2,1H3,(H2,19,20,21). The maximum absolute atomic E-state index is 4.28. The van der Waals surface area contributed by atoms with Crippen molar-refractivity contribution in [2.45, 2.75) is 38.8 Å². The smallest absolute Gasteiger partial charge is 0.191 e. The van der Waals surface area contributed by atoms with E-state index in [9.17, 15) is 0 Å². The predicted octanol–water partition coefficient (Wildman–Crippen LogP) is 2.13. The molecule has 1 aliphatic carbocycles. The number of fused-ring (bicyclic) bond motifs is 1. The Morgan fingerprint density at radius 2 is 2.17 bits per heavy atom. The topological polar surface area (TPSA) is 54.2 Å². The lowest BCUT2D eigenvalue weighted by atomic mass is 10.1. The number of aromatic nitrogens is 2. The molecular weight excluding hydrogens is 286 g/mol. The van der Waals surface area contributed by atoms with Crippen LogP contribution in [0.4, 0.5) is 0 Å². The zero-order valence-corrected chi connectivity index (χ0v) is 13.8. The van der Waals surface area contributed by atoms with Gasteiger partial charge < -0.3 is 10.6 Å². The summed E-state index contributed by atoms with van der Waals surface area (Å²) in [5.74, 6) is 0.853. The van der Waals surface area contributed by atoms with E-state index in [-0.39, 0.29) is 0 Å². The molecule has 122 valence electrons. The Balaban J connectivity index is 1.41. The zero-order chi connectivity index (χ0) is 15.9. The van der Waals surface area contributed by atoms with Crippen molar-refractivity contribution in [3.05, 3.63) is 53.3 Å². The van der Waals surface area contributed by atoms with Crippen LogP contribution >= 0.6 is 0 Å². The fourth-order valence-corrected chi connectivity index (χ4v) is 3.02. The molecule has 0 aliphatic heterocycles. The van der Waals surface area contributed by atoms with Gasteiger partial charge in [0, 0.05) is 39.1 Å². The SMILES string of the molecule is CN=C(NCCCn1cccn1)NCc1ccc2c(c1)CCC2. The van der Waals surface area contributed by atoms with E-state index >= 15 is 0 Å². The van der Waals surface area contributed by atoms with Crippen molar-refractivity contribution in [3.8, 4) is 0 Å². The molecule has 0 bridgehead atoms. The summed E-state index contributed by atoms with van der Waals surface area (Å²) in [6.07, 6.45) is 8.57. The minimum absolute atomic E-state index is 0.812. The van der Waals surface area contributed by atoms with E-state index < -0.39 is 0 Å². The summed E-state index contributed by atoms with van der Waals surface area (Å²) in [5, 5.41) is 10.9. The molecule has 23 heavy (non-hydrogen) atoms. The molecule has 0 unspecified atom stereocenters. The van der Waals surface area contributed by atoms with Gasteiger partial charge in [-0.25, -0.2) is 0 Å². The molecule has 0 spiro atoms. The summed E-state index contributed by atoms with van der Waals surface area (Å²) in [5.41, 5.74) is 4.37. The molecule has 5 heteroatoms. The molecule has 2 aromatic rings. The van der Waals surface area contributed by atoms with Crippen molar-refractivity contribution >= 4 is 5.96 Å². The summed E-state index contributed by atoms with van der Waals surface area (Å²) in [6.45, 7) is 2.61. The highest BCUT2D eigenvalue weighted by Gasteiger charge is 2.10. The minimum Gasteiger partial charge on any atom is -0.356 e. The molecular formula is C18H25N5. The number of nitrogens with one attached hydrogen (secondary N) is 2. The van der Waals surface area contributed by atoms with Crippen LogP contribution in [0.5, 0.6) is 0 Å². The van der Waals surface area contributed by atoms with Gasteiger partial charge in [0.1, 0.15) is 0 Å². The first kappa shape index (κ1) is 15.6. The van der Waals surface area contributed by atoms with E-state index in [1.807, 2.05) is 30.2 Å². The van der Waals surface area contributed by atoms with E-state index in [0.29, 0.717) is 0 Å². The first-order valence-corrected chi connectivity index (χ1v) is 8.38. The Hall–Kier alpha value is -2.30. The van der Waals surface area contributed by atoms with Crippen LogP contribution in [0, 0.1) is 0 Å². The van der Waals surface area contributed by atoms with Crippen LogP contribution in [-0.2, 0) is 25.9 Å². The second kappa shape index (κ2) is 7.81. The number of hydrogen-bond acceptors (Lipinski definition) is 2. The molecule has 1 heterocycles. The van der Waals surface area contributed by atoms with Gasteiger partial charge in [-0.1, -0.05) is 18.2 Å². The number of rotatable bonds is 6. The van der Waals surface area contributed by atoms with Crippen LogP contribution in [0.15, 0.2) is 41.7 Å². The van der Waals surface area contributed by atoms with Crippen molar-refractivity contribution < 1.29 is 0 Å². The molecule has 1 aromatic carbocycles. The third kappa shape index (κ3) is 4.34. The highest BCUT2D eigenvalue weighted by atomic mass is 15.3. The van der Waals surface area contributed by atoms with E-state index in [4.69, 9.17) is 0 Å². The van der Waals surface area contributed by atoms with Gasteiger partial charge >= 0.3 is 0 Å². The van der Waals surface area contributed by atoms with Gasteiger partial charge in [0.15, 0.2) is 5.96 Å². The van der Waals surface area contributed by atoms with Crippen molar-refractivity contribution in [2.75, 3.05) is 13.6 Å². The number of nitrogens with zero attached hydrogens (tertiary/aromatic N) is 3. The Morgan fingerprint density at radius 3 is 3.00 bits per heavy atom. The molecule has 1 aromatic heterocycles. The fraction of sp³-hybridized carbons (Fsp3) is 0.444. The third-order valence-corrected chi connectivity index (χ3v) is 4.26. The summed E-state index contributed by atoms with van der Waals surface area (Å²) in [7, 11) is 1.81. The Bertz CT molecular complexity index is 645. The lowest BCUT2D eigenvalue weighted by Crippen LogP contribution is -2.37. The molecule has 3 rings (SSSR count). The van der Waals surface area contributed by atoms with Crippen molar-refractivity contribution in [1.82, 2.24) is 20.4 Å². The number of guanidine groups is 1. The molecule has 0 saturated heterocycles. The number of benzene rings is 1. The molecule has 5 nitrogen and oxygen atoms in total. The second-order valence-electron chi connectivity index (χ2n) is 5.93. The lowest BCUT2D eigenvalue weighted by molar-refractivity contribution is 0.570. The number of aryl methyl sites for hydroxylation is 3. The summed E-state index contributed by atoms with van der Waals surface area (Å²) in [4.78, 5) is 4.28. The largest absolute Gasteiger partial charge is 0.356 e. The lowest BCUT2D eigenvalue weighted by Gasteiger charge is -2.12. The van der Waals surface area contributed by atoms with Gasteiger partial charge in [-0.2, -0.15) is 5.10 Å². The van der Waals surface area contributed by atoms with E-state index in [1.54, 1.807) is 0 Å². The normalized spacial score (nSPS) is 13.9. The van der Waals surface area contributed by atoms with Gasteiger partial charge in [-0.05, 0) is 48.4 Å². The number of hydrogen-bond donors (Lipinski definition) is 2. The first-order chi connectivity index (χ1) is 11.3. The molecule has 0 saturated carbocycles. The Morgan fingerprint density at radius 1 is 1.26 bits per heavy atom. The van der Waals surface area contributed by atoms with Gasteiger partial charge in [0.25, 0.3) is 0 Å². The maximum atomic E-state index is 4.28. The van der Waals surface area contributed by atoms with Gasteiger partial charge in [0.05, 0.1) is 0 Å². The van der Waals surface area contributed by atoms with Gasteiger partial charge in [-0.15, -0.1) is 0 Å². The van der Waals surface area contributed by atoms with Gasteiger partial charge in [0.2, 0.25) is 0 Å². The van der Waals surface area contributed by atoms with Crippen molar-refractivity contribution in [3.63, 3.8) is 0 Å². The molecule has 0 fully saturated rings. The first-order valence-electron chi connectivity index (χ1n) is 8.38. The van der Waals surface area contributed by atoms with Crippen molar-refractivity contribution in [1.29, 1.82) is 0 Å². The highest BCUT2D eigenvalue weighted by molar-refractivity contribution is 5.79. The molecule has 0 atom stereocenters. The third-order valence-electron chi connectivity index (χ3n) is 4.26. The second-order valence-corrected chi connectivity index (χ2v) is 5.93. The monoisotopic (exact) mass is 311 g/mol. The molecule has 1 aliphatic rings. The quantitative estimate of drug-likeness (QED) is 0.488. The maximum Gasteiger partial charge on any atom is 0.191 e. The molecule has 0 radical (unpaired) electrons. The van der Waals surface area contributed by atoms with Crippen molar-refractivity contribution in [2.24, 2.45) is 4.99 Å². The molecule has 2 N–H and O–H groups in total.